The molecular formula is C23H24N4O3S. The Labute approximate surface area is 185 Å². The molecule has 4 rings (SSSR count). The van der Waals surface area contributed by atoms with Gasteiger partial charge < -0.3 is 19.5 Å². The van der Waals surface area contributed by atoms with Gasteiger partial charge in [-0.05, 0) is 11.1 Å². The number of anilines is 1. The normalized spacial score (nSPS) is 11.0. The van der Waals surface area contributed by atoms with E-state index in [9.17, 15) is 0 Å². The Bertz CT molecular complexity index is 1120. The molecule has 0 atom stereocenters. The predicted molar refractivity (Wildman–Crippen MR) is 122 cm³/mol. The first kappa shape index (κ1) is 21.2. The van der Waals surface area contributed by atoms with E-state index in [2.05, 4.69) is 32.8 Å². The maximum atomic E-state index is 5.53. The Balaban J connectivity index is 1.59. The van der Waals surface area contributed by atoms with Crippen molar-refractivity contribution >= 4 is 27.4 Å². The monoisotopic (exact) mass is 436 g/mol. The van der Waals surface area contributed by atoms with Crippen molar-refractivity contribution in [2.24, 2.45) is 0 Å². The summed E-state index contributed by atoms with van der Waals surface area (Å²) in [5.41, 5.74) is 3.28. The van der Waals surface area contributed by atoms with E-state index < -0.39 is 0 Å². The molecule has 0 bridgehead atoms. The lowest BCUT2D eigenvalue weighted by Gasteiger charge is -2.11. The molecule has 0 saturated carbocycles. The molecule has 4 aromatic rings. The predicted octanol–water partition coefficient (Wildman–Crippen LogP) is 4.54. The fraction of sp³-hybridized carbons (Fsp3) is 0.261. The van der Waals surface area contributed by atoms with Crippen LogP contribution in [0.1, 0.15) is 11.4 Å². The number of fused-ring (bicyclic) bond motifs is 1. The van der Waals surface area contributed by atoms with Gasteiger partial charge in [-0.25, -0.2) is 15.0 Å². The van der Waals surface area contributed by atoms with Gasteiger partial charge in [-0.1, -0.05) is 36.4 Å². The molecule has 1 N–H and O–H groups in total. The molecule has 0 spiro atoms. The third-order valence-corrected chi connectivity index (χ3v) is 5.51. The molecule has 160 valence electrons. The van der Waals surface area contributed by atoms with Crippen molar-refractivity contribution in [1.29, 1.82) is 0 Å². The summed E-state index contributed by atoms with van der Waals surface area (Å²) in [5.74, 6) is 2.02. The van der Waals surface area contributed by atoms with Crippen LogP contribution in [-0.4, -0.2) is 42.4 Å². The zero-order valence-corrected chi connectivity index (χ0v) is 18.3. The van der Waals surface area contributed by atoms with E-state index in [1.807, 2.05) is 30.3 Å². The largest absolute Gasteiger partial charge is 0.475 e. The molecule has 0 amide bonds. The van der Waals surface area contributed by atoms with E-state index >= 15 is 0 Å². The number of methoxy groups -OCH3 is 2. The van der Waals surface area contributed by atoms with Gasteiger partial charge in [-0.15, -0.1) is 11.3 Å². The third-order valence-electron chi connectivity index (χ3n) is 4.63. The number of ether oxygens (including phenoxy) is 3. The SMILES string of the molecule is COCCOc1ccc(CNc2nc(COC)nc3scc(-c4ccccc4)c23)cn1. The van der Waals surface area contributed by atoms with Crippen LogP contribution in [0.5, 0.6) is 5.88 Å². The molecule has 0 radical (unpaired) electrons. The highest BCUT2D eigenvalue weighted by Crippen LogP contribution is 2.37. The lowest BCUT2D eigenvalue weighted by atomic mass is 10.1. The summed E-state index contributed by atoms with van der Waals surface area (Å²) >= 11 is 1.61. The van der Waals surface area contributed by atoms with Crippen LogP contribution >= 0.6 is 11.3 Å². The quantitative estimate of drug-likeness (QED) is 0.366. The second-order valence-corrected chi connectivity index (χ2v) is 7.67. The fourth-order valence-corrected chi connectivity index (χ4v) is 4.12. The first-order chi connectivity index (χ1) is 15.3. The van der Waals surface area contributed by atoms with Crippen molar-refractivity contribution in [3.63, 3.8) is 0 Å². The molecule has 0 fully saturated rings. The summed E-state index contributed by atoms with van der Waals surface area (Å²) in [7, 11) is 3.29. The number of hydrogen-bond acceptors (Lipinski definition) is 8. The van der Waals surface area contributed by atoms with Crippen LogP contribution in [0.2, 0.25) is 0 Å². The topological polar surface area (TPSA) is 78.4 Å². The summed E-state index contributed by atoms with van der Waals surface area (Å²) in [6.07, 6.45) is 1.80. The Morgan fingerprint density at radius 2 is 1.84 bits per heavy atom. The fourth-order valence-electron chi connectivity index (χ4n) is 3.15. The van der Waals surface area contributed by atoms with Gasteiger partial charge in [0.1, 0.15) is 23.9 Å². The summed E-state index contributed by atoms with van der Waals surface area (Å²) in [4.78, 5) is 14.7. The molecule has 0 unspecified atom stereocenters. The van der Waals surface area contributed by atoms with E-state index in [4.69, 9.17) is 19.2 Å². The molecule has 0 saturated heterocycles. The molecular weight excluding hydrogens is 412 g/mol. The van der Waals surface area contributed by atoms with Gasteiger partial charge in [0.15, 0.2) is 5.82 Å². The van der Waals surface area contributed by atoms with E-state index in [0.29, 0.717) is 38.1 Å². The molecule has 0 aliphatic carbocycles. The number of aromatic nitrogens is 3. The number of pyridine rings is 1. The molecule has 0 aliphatic heterocycles. The average molecular weight is 437 g/mol. The Kier molecular flexibility index (Phi) is 7.03. The maximum Gasteiger partial charge on any atom is 0.213 e. The van der Waals surface area contributed by atoms with Crippen LogP contribution < -0.4 is 10.1 Å². The van der Waals surface area contributed by atoms with Crippen molar-refractivity contribution in [1.82, 2.24) is 15.0 Å². The molecule has 8 heteroatoms. The highest BCUT2D eigenvalue weighted by atomic mass is 32.1. The Morgan fingerprint density at radius 1 is 0.968 bits per heavy atom. The molecule has 1 aromatic carbocycles. The molecule has 31 heavy (non-hydrogen) atoms. The van der Waals surface area contributed by atoms with E-state index in [1.165, 1.54) is 0 Å². The molecule has 0 aliphatic rings. The summed E-state index contributed by atoms with van der Waals surface area (Å²) < 4.78 is 15.8. The number of nitrogens with one attached hydrogen (secondary N) is 1. The zero-order chi connectivity index (χ0) is 21.5. The lowest BCUT2D eigenvalue weighted by Crippen LogP contribution is -2.07. The lowest BCUT2D eigenvalue weighted by molar-refractivity contribution is 0.143. The number of rotatable bonds is 10. The van der Waals surface area contributed by atoms with Crippen LogP contribution in [-0.2, 0) is 22.6 Å². The second kappa shape index (κ2) is 10.3. The first-order valence-electron chi connectivity index (χ1n) is 9.91. The molecule has 3 heterocycles. The van der Waals surface area contributed by atoms with Gasteiger partial charge in [-0.2, -0.15) is 0 Å². The van der Waals surface area contributed by atoms with Crippen molar-refractivity contribution in [3.05, 3.63) is 65.4 Å². The highest BCUT2D eigenvalue weighted by Gasteiger charge is 2.15. The van der Waals surface area contributed by atoms with E-state index in [1.54, 1.807) is 31.8 Å². The van der Waals surface area contributed by atoms with E-state index in [0.717, 1.165) is 32.7 Å². The average Bonchev–Trinajstić information content (AvgIpc) is 3.23. The van der Waals surface area contributed by atoms with Crippen molar-refractivity contribution in [3.8, 4) is 17.0 Å². The van der Waals surface area contributed by atoms with Gasteiger partial charge in [0.25, 0.3) is 0 Å². The number of nitrogens with zero attached hydrogens (tertiary/aromatic N) is 3. The minimum Gasteiger partial charge on any atom is -0.475 e. The van der Waals surface area contributed by atoms with Gasteiger partial charge in [0.2, 0.25) is 5.88 Å². The zero-order valence-electron chi connectivity index (χ0n) is 17.5. The summed E-state index contributed by atoms with van der Waals surface area (Å²) in [6, 6.07) is 14.1. The maximum absolute atomic E-state index is 5.53. The van der Waals surface area contributed by atoms with Gasteiger partial charge in [0, 0.05) is 44.0 Å². The minimum absolute atomic E-state index is 0.359. The van der Waals surface area contributed by atoms with Gasteiger partial charge >= 0.3 is 0 Å². The highest BCUT2D eigenvalue weighted by molar-refractivity contribution is 7.17. The molecule has 7 nitrogen and oxygen atoms in total. The number of thiophene rings is 1. The summed E-state index contributed by atoms with van der Waals surface area (Å²) in [5, 5.41) is 6.62. The Morgan fingerprint density at radius 3 is 2.58 bits per heavy atom. The van der Waals surface area contributed by atoms with Crippen molar-refractivity contribution < 1.29 is 14.2 Å². The van der Waals surface area contributed by atoms with Crippen LogP contribution in [0.15, 0.2) is 54.0 Å². The van der Waals surface area contributed by atoms with E-state index in [-0.39, 0.29) is 0 Å². The standard InChI is InChI=1S/C23H24N4O3S/c1-28-10-11-30-20-9-8-16(12-24-20)13-25-22-21-18(17-6-4-3-5-7-17)15-31-23(21)27-19(26-22)14-29-2/h3-9,12,15H,10-11,13-14H2,1-2H3,(H,25,26,27). The van der Waals surface area contributed by atoms with Crippen LogP contribution in [0, 0.1) is 0 Å². The van der Waals surface area contributed by atoms with Gasteiger partial charge in [-0.3, -0.25) is 0 Å². The number of hydrogen-bond donors (Lipinski definition) is 1. The first-order valence-corrected chi connectivity index (χ1v) is 10.8. The number of benzene rings is 1. The van der Waals surface area contributed by atoms with Gasteiger partial charge in [0.05, 0.1) is 12.0 Å². The van der Waals surface area contributed by atoms with Crippen LogP contribution in [0.4, 0.5) is 5.82 Å². The third kappa shape index (κ3) is 5.16. The molecule has 3 aromatic heterocycles. The minimum atomic E-state index is 0.359. The van der Waals surface area contributed by atoms with Crippen molar-refractivity contribution in [2.45, 2.75) is 13.2 Å². The van der Waals surface area contributed by atoms with Crippen LogP contribution in [0.3, 0.4) is 0 Å². The Hall–Kier alpha value is -3.07. The van der Waals surface area contributed by atoms with Crippen LogP contribution in [0.25, 0.3) is 21.3 Å². The summed E-state index contributed by atoms with van der Waals surface area (Å²) in [6.45, 7) is 1.94. The second-order valence-electron chi connectivity index (χ2n) is 6.82. The smallest absolute Gasteiger partial charge is 0.213 e. The van der Waals surface area contributed by atoms with Crippen molar-refractivity contribution in [2.75, 3.05) is 32.8 Å².